The number of hydrogen-bond acceptors (Lipinski definition) is 2. The number of carbonyl (C=O) groups is 1. The molecule has 2 aromatic carbocycles. The zero-order valence-electron chi connectivity index (χ0n) is 12.3. The maximum absolute atomic E-state index is 12.4. The van der Waals surface area contributed by atoms with E-state index in [1.165, 1.54) is 0 Å². The van der Waals surface area contributed by atoms with Crippen molar-refractivity contribution in [3.63, 3.8) is 0 Å². The second-order valence-corrected chi connectivity index (χ2v) is 6.77. The molecule has 112 valence electrons. The molecule has 0 bridgehead atoms. The zero-order chi connectivity index (χ0) is 15.4. The first-order valence-electron chi connectivity index (χ1n) is 6.80. The summed E-state index contributed by atoms with van der Waals surface area (Å²) in [5, 5.41) is 1.50. The molecule has 0 saturated heterocycles. The molecule has 2 aromatic rings. The van der Waals surface area contributed by atoms with Crippen LogP contribution in [0.2, 0.25) is 5.02 Å². The Balaban J connectivity index is 0.00000242. The molecule has 0 radical (unpaired) electrons. The van der Waals surface area contributed by atoms with Gasteiger partial charge in [0.2, 0.25) is 0 Å². The van der Waals surface area contributed by atoms with Crippen molar-refractivity contribution in [3.8, 4) is 5.75 Å². The molecular formula is C17H19ClLiO2P. The zero-order valence-corrected chi connectivity index (χ0v) is 14.1. The van der Waals surface area contributed by atoms with Gasteiger partial charge in [-0.15, -0.1) is 0 Å². The first kappa shape index (κ1) is 19.3. The van der Waals surface area contributed by atoms with Crippen LogP contribution >= 0.6 is 20.2 Å². The van der Waals surface area contributed by atoms with Crippen molar-refractivity contribution in [2.24, 2.45) is 0 Å². The molecule has 0 aromatic heterocycles. The Morgan fingerprint density at radius 3 is 2.32 bits per heavy atom. The molecule has 0 N–H and O–H groups in total. The van der Waals surface area contributed by atoms with E-state index in [0.717, 1.165) is 16.6 Å². The molecule has 0 aliphatic carbocycles. The Hall–Kier alpha value is -0.773. The van der Waals surface area contributed by atoms with Crippen molar-refractivity contribution < 1.29 is 9.53 Å². The first-order chi connectivity index (χ1) is 9.97. The molecule has 2 nitrogen and oxygen atoms in total. The van der Waals surface area contributed by atoms with Crippen LogP contribution in [0.25, 0.3) is 0 Å². The van der Waals surface area contributed by atoms with Gasteiger partial charge in [-0.1, -0.05) is 35.9 Å². The quantitative estimate of drug-likeness (QED) is 0.614. The number of carbonyl (C=O) groups excluding carboxylic acids is 1. The summed E-state index contributed by atoms with van der Waals surface area (Å²) >= 11 is 6.14. The third-order valence-electron chi connectivity index (χ3n) is 2.93. The van der Waals surface area contributed by atoms with E-state index in [-0.39, 0.29) is 39.1 Å². The van der Waals surface area contributed by atoms with E-state index in [9.17, 15) is 4.79 Å². The van der Waals surface area contributed by atoms with Crippen molar-refractivity contribution >= 4 is 49.9 Å². The van der Waals surface area contributed by atoms with Crippen LogP contribution in [0.15, 0.2) is 42.5 Å². The van der Waals surface area contributed by atoms with Gasteiger partial charge in [-0.05, 0) is 58.4 Å². The summed E-state index contributed by atoms with van der Waals surface area (Å²) < 4.78 is 5.59. The molecule has 0 heterocycles. The number of benzene rings is 2. The summed E-state index contributed by atoms with van der Waals surface area (Å²) in [5.41, 5.74) is 1.61. The summed E-state index contributed by atoms with van der Waals surface area (Å²) in [6.07, 6.45) is 0.144. The topological polar surface area (TPSA) is 26.3 Å². The first-order valence-corrected chi connectivity index (χ1v) is 8.18. The molecule has 0 amide bonds. The Bertz CT molecular complexity index is 621. The second-order valence-electron chi connectivity index (χ2n) is 5.08. The summed E-state index contributed by atoms with van der Waals surface area (Å²) in [6, 6.07) is 13.2. The van der Waals surface area contributed by atoms with Crippen molar-refractivity contribution in [3.05, 3.63) is 58.6 Å². The number of aryl methyl sites for hydroxylation is 1. The third-order valence-corrected chi connectivity index (χ3v) is 4.35. The number of halogens is 1. The molecule has 2 rings (SSSR count). The Morgan fingerprint density at radius 1 is 1.14 bits per heavy atom. The Morgan fingerprint density at radius 2 is 1.77 bits per heavy atom. The number of ether oxygens (including phenoxy) is 1. The molecule has 1 atom stereocenters. The van der Waals surface area contributed by atoms with Gasteiger partial charge >= 0.3 is 18.9 Å². The van der Waals surface area contributed by atoms with Crippen LogP contribution in [0.3, 0.4) is 0 Å². The standard InChI is InChI=1S/C17H18ClO2P.Li.H/c1-11(2)20-13-7-9-14(10-8-13)21-17(19)16-12(3)5-4-6-15(16)18;;/h4-11,21H,1-3H3;;. The molecule has 22 heavy (non-hydrogen) atoms. The van der Waals surface area contributed by atoms with Gasteiger partial charge < -0.3 is 4.74 Å². The van der Waals surface area contributed by atoms with Crippen LogP contribution in [-0.2, 0) is 0 Å². The summed E-state index contributed by atoms with van der Waals surface area (Å²) in [7, 11) is 0.0619. The molecule has 0 fully saturated rings. The Labute approximate surface area is 150 Å². The van der Waals surface area contributed by atoms with Gasteiger partial charge in [0.1, 0.15) is 5.75 Å². The second kappa shape index (κ2) is 8.75. The summed E-state index contributed by atoms with van der Waals surface area (Å²) in [4.78, 5) is 12.4. The van der Waals surface area contributed by atoms with Crippen LogP contribution in [0.5, 0.6) is 5.75 Å². The Kier molecular flexibility index (Phi) is 7.67. The SMILES string of the molecule is Cc1cccc(Cl)c1C(=O)Pc1ccc(OC(C)C)cc1.[LiH]. The van der Waals surface area contributed by atoms with Gasteiger partial charge in [-0.25, -0.2) is 0 Å². The average molecular weight is 329 g/mol. The fraction of sp³-hybridized carbons (Fsp3) is 0.235. The van der Waals surface area contributed by atoms with Gasteiger partial charge in [0.15, 0.2) is 5.52 Å². The molecule has 1 unspecified atom stereocenters. The minimum absolute atomic E-state index is 0. The van der Waals surface area contributed by atoms with Crippen molar-refractivity contribution in [2.45, 2.75) is 26.9 Å². The van der Waals surface area contributed by atoms with Crippen LogP contribution in [0, 0.1) is 6.92 Å². The van der Waals surface area contributed by atoms with E-state index in [0.29, 0.717) is 10.6 Å². The predicted octanol–water partition coefficient (Wildman–Crippen LogP) is 3.93. The van der Waals surface area contributed by atoms with E-state index in [1.54, 1.807) is 6.07 Å². The monoisotopic (exact) mass is 328 g/mol. The molecule has 0 aliphatic heterocycles. The molecule has 0 saturated carbocycles. The van der Waals surface area contributed by atoms with E-state index in [4.69, 9.17) is 16.3 Å². The molecule has 0 aliphatic rings. The molecule has 5 heteroatoms. The van der Waals surface area contributed by atoms with Gasteiger partial charge in [0.25, 0.3) is 0 Å². The third kappa shape index (κ3) is 5.15. The maximum atomic E-state index is 12.4. The van der Waals surface area contributed by atoms with E-state index in [2.05, 4.69) is 0 Å². The van der Waals surface area contributed by atoms with E-state index < -0.39 is 0 Å². The average Bonchev–Trinajstić information content (AvgIpc) is 2.40. The van der Waals surface area contributed by atoms with Gasteiger partial charge in [-0.3, -0.25) is 4.79 Å². The van der Waals surface area contributed by atoms with Crippen LogP contribution in [-0.4, -0.2) is 30.5 Å². The van der Waals surface area contributed by atoms with Gasteiger partial charge in [0, 0.05) is 5.56 Å². The van der Waals surface area contributed by atoms with Gasteiger partial charge in [-0.2, -0.15) is 0 Å². The fourth-order valence-electron chi connectivity index (χ4n) is 2.00. The van der Waals surface area contributed by atoms with Crippen molar-refractivity contribution in [2.75, 3.05) is 0 Å². The minimum atomic E-state index is 0. The van der Waals surface area contributed by atoms with Crippen molar-refractivity contribution in [1.29, 1.82) is 0 Å². The van der Waals surface area contributed by atoms with E-state index in [1.807, 2.05) is 57.2 Å². The predicted molar refractivity (Wildman–Crippen MR) is 97.8 cm³/mol. The van der Waals surface area contributed by atoms with Crippen LogP contribution in [0.1, 0.15) is 29.8 Å². The molecule has 0 spiro atoms. The normalized spacial score (nSPS) is 10.8. The number of rotatable bonds is 5. The number of hydrogen-bond donors (Lipinski definition) is 0. The fourth-order valence-corrected chi connectivity index (χ4v) is 3.44. The van der Waals surface area contributed by atoms with E-state index >= 15 is 0 Å². The summed E-state index contributed by atoms with van der Waals surface area (Å²) in [5.74, 6) is 0.819. The summed E-state index contributed by atoms with van der Waals surface area (Å²) in [6.45, 7) is 5.88. The molecular weight excluding hydrogens is 310 g/mol. The van der Waals surface area contributed by atoms with Crippen LogP contribution in [0.4, 0.5) is 0 Å². The van der Waals surface area contributed by atoms with Crippen LogP contribution < -0.4 is 10.0 Å². The van der Waals surface area contributed by atoms with Gasteiger partial charge in [0.05, 0.1) is 11.1 Å². The van der Waals surface area contributed by atoms with Crippen molar-refractivity contribution in [1.82, 2.24) is 0 Å².